The van der Waals surface area contributed by atoms with E-state index in [1.54, 1.807) is 12.1 Å². The highest BCUT2D eigenvalue weighted by atomic mass is 19.3. The third kappa shape index (κ3) is 3.81. The molecule has 2 aromatic heterocycles. The maximum atomic E-state index is 14.8. The number of para-hydroxylation sites is 1. The van der Waals surface area contributed by atoms with Crippen LogP contribution in [0.15, 0.2) is 53.2 Å². The molecule has 1 N–H and O–H groups in total. The van der Waals surface area contributed by atoms with Gasteiger partial charge in [-0.3, -0.25) is 4.79 Å². The summed E-state index contributed by atoms with van der Waals surface area (Å²) < 4.78 is 35.3. The highest BCUT2D eigenvalue weighted by molar-refractivity contribution is 5.98. The second-order valence-electron chi connectivity index (χ2n) is 8.19. The van der Waals surface area contributed by atoms with E-state index in [0.29, 0.717) is 16.8 Å². The number of amides is 1. The predicted octanol–water partition coefficient (Wildman–Crippen LogP) is 3.99. The van der Waals surface area contributed by atoms with E-state index >= 15 is 0 Å². The van der Waals surface area contributed by atoms with Crippen LogP contribution in [0.4, 0.5) is 14.8 Å². The molecule has 2 aromatic carbocycles. The van der Waals surface area contributed by atoms with Gasteiger partial charge in [0, 0.05) is 19.5 Å². The molecular weight excluding hydrogens is 430 g/mol. The van der Waals surface area contributed by atoms with Crippen LogP contribution in [0.2, 0.25) is 0 Å². The van der Waals surface area contributed by atoms with Gasteiger partial charge >= 0.3 is 0 Å². The Hall–Kier alpha value is -3.82. The van der Waals surface area contributed by atoms with Gasteiger partial charge in [-0.2, -0.15) is 20.0 Å². The summed E-state index contributed by atoms with van der Waals surface area (Å²) >= 11 is 0. The second kappa shape index (κ2) is 7.95. The summed E-state index contributed by atoms with van der Waals surface area (Å²) in [6, 6.07) is 9.47. The number of alkyl halides is 2. The molecular formula is C23H22F2N6O2. The molecule has 1 fully saturated rings. The number of halogens is 2. The van der Waals surface area contributed by atoms with Gasteiger partial charge in [0.25, 0.3) is 17.8 Å². The molecule has 0 bridgehead atoms. The van der Waals surface area contributed by atoms with Gasteiger partial charge in [-0.1, -0.05) is 18.2 Å². The highest BCUT2D eigenvalue weighted by Crippen LogP contribution is 2.36. The molecule has 0 radical (unpaired) electrons. The number of aromatic nitrogens is 4. The van der Waals surface area contributed by atoms with Gasteiger partial charge in [0.2, 0.25) is 0 Å². The number of carbonyl (C=O) groups is 1. The van der Waals surface area contributed by atoms with E-state index in [9.17, 15) is 13.6 Å². The third-order valence-corrected chi connectivity index (χ3v) is 5.89. The summed E-state index contributed by atoms with van der Waals surface area (Å²) in [6.45, 7) is 3.48. The van der Waals surface area contributed by atoms with E-state index in [4.69, 9.17) is 4.42 Å². The number of likely N-dealkylation sites (tertiary alicyclic amines) is 1. The van der Waals surface area contributed by atoms with E-state index in [2.05, 4.69) is 20.5 Å². The van der Waals surface area contributed by atoms with E-state index in [0.717, 1.165) is 11.1 Å². The molecule has 0 spiro atoms. The standard InChI is InChI=1S/C23H22F2N6O2/c1-14-6-7-17-18(12-14)33-22(29-17)26-13-19-23(24,25)8-11-30(19)21(32)16-5-3-4-15(2)20(16)31-27-9-10-28-31/h3-7,9-10,12,19H,8,11,13H2,1-2H3,(H,26,29)/t19-/m1/s1. The van der Waals surface area contributed by atoms with Crippen molar-refractivity contribution in [2.45, 2.75) is 32.2 Å². The minimum absolute atomic E-state index is 0.0646. The molecule has 170 valence electrons. The number of nitrogens with zero attached hydrogens (tertiary/aromatic N) is 5. The highest BCUT2D eigenvalue weighted by Gasteiger charge is 2.51. The van der Waals surface area contributed by atoms with Crippen LogP contribution in [0.25, 0.3) is 16.8 Å². The fourth-order valence-corrected chi connectivity index (χ4v) is 4.20. The Kier molecular flexibility index (Phi) is 5.07. The molecule has 0 unspecified atom stereocenters. The van der Waals surface area contributed by atoms with Crippen LogP contribution < -0.4 is 5.32 Å². The summed E-state index contributed by atoms with van der Waals surface area (Å²) in [7, 11) is 0. The number of carbonyl (C=O) groups excluding carboxylic acids is 1. The molecule has 1 saturated heterocycles. The van der Waals surface area contributed by atoms with E-state index in [1.807, 2.05) is 38.1 Å². The number of hydrogen-bond acceptors (Lipinski definition) is 6. The number of benzene rings is 2. The first-order chi connectivity index (χ1) is 15.8. The van der Waals surface area contributed by atoms with Crippen molar-refractivity contribution in [1.29, 1.82) is 0 Å². The first-order valence-electron chi connectivity index (χ1n) is 10.6. The quantitative estimate of drug-likeness (QED) is 0.493. The van der Waals surface area contributed by atoms with Crippen LogP contribution in [0.3, 0.4) is 0 Å². The number of oxazole rings is 1. The molecule has 8 nitrogen and oxygen atoms in total. The molecule has 1 aliphatic rings. The van der Waals surface area contributed by atoms with E-state index in [-0.39, 0.29) is 24.7 Å². The van der Waals surface area contributed by atoms with Gasteiger partial charge in [-0.25, -0.2) is 8.78 Å². The fourth-order valence-electron chi connectivity index (χ4n) is 4.20. The summed E-state index contributed by atoms with van der Waals surface area (Å²) in [5, 5.41) is 11.1. The maximum Gasteiger partial charge on any atom is 0.295 e. The number of aryl methyl sites for hydroxylation is 2. The normalized spacial score (nSPS) is 17.6. The van der Waals surface area contributed by atoms with Crippen molar-refractivity contribution < 1.29 is 18.0 Å². The Balaban J connectivity index is 1.42. The van der Waals surface area contributed by atoms with Gasteiger partial charge in [-0.05, 0) is 43.2 Å². The molecule has 1 atom stereocenters. The van der Waals surface area contributed by atoms with Gasteiger partial charge in [0.05, 0.1) is 18.0 Å². The average Bonchev–Trinajstić information content (AvgIpc) is 3.50. The zero-order valence-corrected chi connectivity index (χ0v) is 18.1. The maximum absolute atomic E-state index is 14.8. The minimum atomic E-state index is -3.06. The van der Waals surface area contributed by atoms with E-state index in [1.165, 1.54) is 22.1 Å². The van der Waals surface area contributed by atoms with Crippen LogP contribution in [0.1, 0.15) is 27.9 Å². The third-order valence-electron chi connectivity index (χ3n) is 5.89. The SMILES string of the molecule is Cc1ccc2nc(NC[C@H]3N(C(=O)c4cccc(C)c4-n4nccn4)CCC3(F)F)oc2c1. The summed E-state index contributed by atoms with van der Waals surface area (Å²) in [6.07, 6.45) is 2.58. The Morgan fingerprint density at radius 1 is 1.21 bits per heavy atom. The molecule has 10 heteroatoms. The molecule has 0 saturated carbocycles. The van der Waals surface area contributed by atoms with Crippen LogP contribution in [-0.4, -0.2) is 55.8 Å². The van der Waals surface area contributed by atoms with Crippen molar-refractivity contribution in [3.8, 4) is 5.69 Å². The Labute approximate surface area is 188 Å². The van der Waals surface area contributed by atoms with Crippen molar-refractivity contribution >= 4 is 23.0 Å². The molecule has 1 amide bonds. The zero-order valence-electron chi connectivity index (χ0n) is 18.1. The molecule has 1 aliphatic heterocycles. The number of hydrogen-bond donors (Lipinski definition) is 1. The van der Waals surface area contributed by atoms with Crippen molar-refractivity contribution in [1.82, 2.24) is 24.9 Å². The average molecular weight is 452 g/mol. The topological polar surface area (TPSA) is 89.1 Å². The largest absolute Gasteiger partial charge is 0.424 e. The monoisotopic (exact) mass is 452 g/mol. The summed E-state index contributed by atoms with van der Waals surface area (Å²) in [5.41, 5.74) is 3.71. The number of anilines is 1. The molecule has 5 rings (SSSR count). The number of nitrogens with one attached hydrogen (secondary N) is 1. The Bertz CT molecular complexity index is 1320. The van der Waals surface area contributed by atoms with Crippen LogP contribution in [-0.2, 0) is 0 Å². The van der Waals surface area contributed by atoms with Crippen LogP contribution >= 0.6 is 0 Å². The lowest BCUT2D eigenvalue weighted by Crippen LogP contribution is -2.47. The summed E-state index contributed by atoms with van der Waals surface area (Å²) in [5.74, 6) is -3.55. The lowest BCUT2D eigenvalue weighted by atomic mass is 10.1. The Morgan fingerprint density at radius 2 is 2.00 bits per heavy atom. The first kappa shape index (κ1) is 21.0. The predicted molar refractivity (Wildman–Crippen MR) is 118 cm³/mol. The fraction of sp³-hybridized carbons (Fsp3) is 0.304. The zero-order chi connectivity index (χ0) is 23.2. The lowest BCUT2D eigenvalue weighted by molar-refractivity contribution is -0.0249. The number of rotatable bonds is 5. The lowest BCUT2D eigenvalue weighted by Gasteiger charge is -2.28. The molecule has 0 aliphatic carbocycles. The van der Waals surface area contributed by atoms with Crippen LogP contribution in [0, 0.1) is 13.8 Å². The molecule has 4 aromatic rings. The number of fused-ring (bicyclic) bond motifs is 1. The van der Waals surface area contributed by atoms with Crippen molar-refractivity contribution in [2.24, 2.45) is 0 Å². The van der Waals surface area contributed by atoms with Crippen molar-refractivity contribution in [3.63, 3.8) is 0 Å². The second-order valence-corrected chi connectivity index (χ2v) is 8.19. The van der Waals surface area contributed by atoms with Gasteiger partial charge in [-0.15, -0.1) is 0 Å². The summed E-state index contributed by atoms with van der Waals surface area (Å²) in [4.78, 5) is 20.3. The van der Waals surface area contributed by atoms with E-state index < -0.39 is 24.3 Å². The smallest absolute Gasteiger partial charge is 0.295 e. The van der Waals surface area contributed by atoms with Crippen molar-refractivity contribution in [3.05, 3.63) is 65.5 Å². The van der Waals surface area contributed by atoms with Gasteiger partial charge < -0.3 is 14.6 Å². The molecule has 33 heavy (non-hydrogen) atoms. The first-order valence-corrected chi connectivity index (χ1v) is 10.6. The molecule has 3 heterocycles. The minimum Gasteiger partial charge on any atom is -0.424 e. The van der Waals surface area contributed by atoms with Crippen LogP contribution in [0.5, 0.6) is 0 Å². The van der Waals surface area contributed by atoms with Gasteiger partial charge in [0.15, 0.2) is 5.58 Å². The Morgan fingerprint density at radius 3 is 2.79 bits per heavy atom. The van der Waals surface area contributed by atoms with Gasteiger partial charge in [0.1, 0.15) is 17.2 Å². The van der Waals surface area contributed by atoms with Crippen molar-refractivity contribution in [2.75, 3.05) is 18.4 Å².